The van der Waals surface area contributed by atoms with Crippen LogP contribution in [0.2, 0.25) is 0 Å². The maximum atomic E-state index is 13.4. The zero-order valence-corrected chi connectivity index (χ0v) is 18.1. The molecule has 6 nitrogen and oxygen atoms in total. The zero-order valence-electron chi connectivity index (χ0n) is 18.1. The number of aromatic nitrogens is 2. The van der Waals surface area contributed by atoms with Crippen molar-refractivity contribution in [2.45, 2.75) is 32.7 Å². The van der Waals surface area contributed by atoms with Crippen molar-refractivity contribution in [2.24, 2.45) is 7.05 Å². The molecular weight excluding hydrogens is 397 g/mol. The van der Waals surface area contributed by atoms with Gasteiger partial charge >= 0.3 is 0 Å². The number of benzene rings is 2. The second-order valence-corrected chi connectivity index (χ2v) is 7.21. The van der Waals surface area contributed by atoms with E-state index >= 15 is 0 Å². The lowest BCUT2D eigenvalue weighted by atomic mass is 10.0. The first kappa shape index (κ1) is 22.3. The average molecular weight is 426 g/mol. The molecule has 3 aromatic rings. The van der Waals surface area contributed by atoms with Gasteiger partial charge in [-0.1, -0.05) is 26.0 Å². The number of ether oxygens (including phenoxy) is 2. The van der Waals surface area contributed by atoms with Gasteiger partial charge in [-0.05, 0) is 48.7 Å². The Morgan fingerprint density at radius 2 is 1.74 bits per heavy atom. The maximum absolute atomic E-state index is 13.4. The van der Waals surface area contributed by atoms with Crippen LogP contribution in [0.15, 0.2) is 54.9 Å². The molecule has 31 heavy (non-hydrogen) atoms. The minimum absolute atomic E-state index is 0.291. The summed E-state index contributed by atoms with van der Waals surface area (Å²) in [5.74, 6) is 1.17. The van der Waals surface area contributed by atoms with Gasteiger partial charge < -0.3 is 19.4 Å². The van der Waals surface area contributed by atoms with Crippen LogP contribution in [0.4, 0.5) is 4.39 Å². The molecule has 164 valence electrons. The number of hydrogen-bond donors (Lipinski definition) is 1. The molecule has 1 heterocycles. The molecule has 0 saturated heterocycles. The maximum Gasteiger partial charge on any atom is 0.252 e. The lowest BCUT2D eigenvalue weighted by Crippen LogP contribution is -2.31. The molecule has 0 bridgehead atoms. The van der Waals surface area contributed by atoms with Gasteiger partial charge in [0.05, 0.1) is 13.2 Å². The molecule has 0 aliphatic rings. The minimum Gasteiger partial charge on any atom is -0.490 e. The topological polar surface area (TPSA) is 65.4 Å². The molecule has 0 saturated carbocycles. The fourth-order valence-corrected chi connectivity index (χ4v) is 3.13. The summed E-state index contributed by atoms with van der Waals surface area (Å²) in [5.41, 5.74) is 1.17. The van der Waals surface area contributed by atoms with E-state index < -0.39 is 6.04 Å². The second kappa shape index (κ2) is 10.6. The van der Waals surface area contributed by atoms with Crippen LogP contribution in [0, 0.1) is 5.82 Å². The van der Waals surface area contributed by atoms with Crippen LogP contribution in [0.1, 0.15) is 54.5 Å². The van der Waals surface area contributed by atoms with E-state index in [-0.39, 0.29) is 11.7 Å². The zero-order chi connectivity index (χ0) is 22.2. The molecular formula is C24H28FN3O3. The molecule has 2 aromatic carbocycles. The largest absolute Gasteiger partial charge is 0.490 e. The molecule has 1 atom stereocenters. The minimum atomic E-state index is -0.538. The molecule has 1 unspecified atom stereocenters. The van der Waals surface area contributed by atoms with Gasteiger partial charge in [-0.2, -0.15) is 0 Å². The Morgan fingerprint density at radius 1 is 1.06 bits per heavy atom. The smallest absolute Gasteiger partial charge is 0.252 e. The number of halogens is 1. The number of rotatable bonds is 10. The monoisotopic (exact) mass is 425 g/mol. The fourth-order valence-electron chi connectivity index (χ4n) is 3.13. The third kappa shape index (κ3) is 5.63. The predicted molar refractivity (Wildman–Crippen MR) is 117 cm³/mol. The van der Waals surface area contributed by atoms with Crippen molar-refractivity contribution in [3.63, 3.8) is 0 Å². The lowest BCUT2D eigenvalue weighted by Gasteiger charge is -2.20. The first-order chi connectivity index (χ1) is 15.0. The van der Waals surface area contributed by atoms with E-state index in [0.29, 0.717) is 36.1 Å². The molecule has 3 rings (SSSR count). The van der Waals surface area contributed by atoms with Crippen LogP contribution in [-0.4, -0.2) is 28.7 Å². The van der Waals surface area contributed by atoms with Crippen molar-refractivity contribution in [1.82, 2.24) is 14.9 Å². The number of carbonyl (C=O) groups is 1. The van der Waals surface area contributed by atoms with Crippen LogP contribution < -0.4 is 14.8 Å². The summed E-state index contributed by atoms with van der Waals surface area (Å²) in [4.78, 5) is 17.5. The van der Waals surface area contributed by atoms with Crippen LogP contribution in [0.3, 0.4) is 0 Å². The standard InChI is InChI=1S/C24H28FN3O3/c1-4-14-30-20-11-8-18(16-21(20)31-15-5-2)24(29)27-22(23-26-12-13-28(23)3)17-6-9-19(25)10-7-17/h6-13,16,22H,4-5,14-15H2,1-3H3,(H,27,29). The first-order valence-electron chi connectivity index (χ1n) is 10.5. The first-order valence-corrected chi connectivity index (χ1v) is 10.5. The summed E-state index contributed by atoms with van der Waals surface area (Å²) in [7, 11) is 1.85. The van der Waals surface area contributed by atoms with Gasteiger partial charge in [0.25, 0.3) is 5.91 Å². The van der Waals surface area contributed by atoms with Crippen LogP contribution in [0.5, 0.6) is 11.5 Å². The predicted octanol–water partition coefficient (Wildman–Crippen LogP) is 4.66. The van der Waals surface area contributed by atoms with Gasteiger partial charge in [-0.25, -0.2) is 9.37 Å². The van der Waals surface area contributed by atoms with Crippen molar-refractivity contribution in [3.05, 3.63) is 77.6 Å². The average Bonchev–Trinajstić information content (AvgIpc) is 3.20. The molecule has 0 spiro atoms. The second-order valence-electron chi connectivity index (χ2n) is 7.21. The van der Waals surface area contributed by atoms with Crippen molar-refractivity contribution in [2.75, 3.05) is 13.2 Å². The number of amides is 1. The molecule has 0 fully saturated rings. The molecule has 1 N–H and O–H groups in total. The Hall–Kier alpha value is -3.35. The fraction of sp³-hybridized carbons (Fsp3) is 0.333. The number of imidazole rings is 1. The van der Waals surface area contributed by atoms with Crippen molar-refractivity contribution < 1.29 is 18.7 Å². The quantitative estimate of drug-likeness (QED) is 0.513. The van der Waals surface area contributed by atoms with Crippen LogP contribution in [-0.2, 0) is 7.05 Å². The van der Waals surface area contributed by atoms with E-state index in [1.807, 2.05) is 25.5 Å². The number of nitrogens with zero attached hydrogens (tertiary/aromatic N) is 2. The van der Waals surface area contributed by atoms with Gasteiger partial charge in [0.15, 0.2) is 11.5 Å². The van der Waals surface area contributed by atoms with E-state index in [1.165, 1.54) is 12.1 Å². The van der Waals surface area contributed by atoms with Crippen molar-refractivity contribution in [3.8, 4) is 11.5 Å². The van der Waals surface area contributed by atoms with E-state index in [2.05, 4.69) is 10.3 Å². The summed E-state index contributed by atoms with van der Waals surface area (Å²) in [6.45, 7) is 5.14. The SMILES string of the molecule is CCCOc1ccc(C(=O)NC(c2ccc(F)cc2)c2nccn2C)cc1OCCC. The summed E-state index contributed by atoms with van der Waals surface area (Å²) in [5, 5.41) is 3.02. The molecule has 0 radical (unpaired) electrons. The van der Waals surface area contributed by atoms with Gasteiger partial charge in [0.1, 0.15) is 17.7 Å². The highest BCUT2D eigenvalue weighted by Crippen LogP contribution is 2.29. The molecule has 7 heteroatoms. The normalized spacial score (nSPS) is 11.7. The highest BCUT2D eigenvalue weighted by Gasteiger charge is 2.22. The van der Waals surface area contributed by atoms with E-state index in [0.717, 1.165) is 18.4 Å². The third-order valence-electron chi connectivity index (χ3n) is 4.72. The van der Waals surface area contributed by atoms with Crippen molar-refractivity contribution >= 4 is 5.91 Å². The molecule has 1 aromatic heterocycles. The highest BCUT2D eigenvalue weighted by molar-refractivity contribution is 5.95. The molecule has 1 amide bonds. The van der Waals surface area contributed by atoms with Gasteiger partial charge in [0, 0.05) is 25.0 Å². The summed E-state index contributed by atoms with van der Waals surface area (Å²) >= 11 is 0. The van der Waals surface area contributed by atoms with E-state index in [1.54, 1.807) is 42.7 Å². The molecule has 0 aliphatic carbocycles. The number of hydrogen-bond acceptors (Lipinski definition) is 4. The van der Waals surface area contributed by atoms with E-state index in [4.69, 9.17) is 9.47 Å². The van der Waals surface area contributed by atoms with Crippen LogP contribution in [0.25, 0.3) is 0 Å². The van der Waals surface area contributed by atoms with Gasteiger partial charge in [-0.15, -0.1) is 0 Å². The van der Waals surface area contributed by atoms with Crippen LogP contribution >= 0.6 is 0 Å². The summed E-state index contributed by atoms with van der Waals surface area (Å²) in [6.07, 6.45) is 5.18. The summed E-state index contributed by atoms with van der Waals surface area (Å²) in [6, 6.07) is 10.6. The Kier molecular flexibility index (Phi) is 7.65. The summed E-state index contributed by atoms with van der Waals surface area (Å²) < 4.78 is 26.8. The van der Waals surface area contributed by atoms with Gasteiger partial charge in [0.2, 0.25) is 0 Å². The Morgan fingerprint density at radius 3 is 2.35 bits per heavy atom. The Labute approximate surface area is 182 Å². The highest BCUT2D eigenvalue weighted by atomic mass is 19.1. The Bertz CT molecular complexity index is 1000. The number of nitrogens with one attached hydrogen (secondary N) is 1. The van der Waals surface area contributed by atoms with Crippen molar-refractivity contribution in [1.29, 1.82) is 0 Å². The molecule has 0 aliphatic heterocycles. The lowest BCUT2D eigenvalue weighted by molar-refractivity contribution is 0.0940. The van der Waals surface area contributed by atoms with E-state index in [9.17, 15) is 9.18 Å². The Balaban J connectivity index is 1.88. The number of aryl methyl sites for hydroxylation is 1. The third-order valence-corrected chi connectivity index (χ3v) is 4.72. The number of carbonyl (C=O) groups excluding carboxylic acids is 1. The van der Waals surface area contributed by atoms with Gasteiger partial charge in [-0.3, -0.25) is 4.79 Å².